The summed E-state index contributed by atoms with van der Waals surface area (Å²) in [6.45, 7) is 6.79. The quantitative estimate of drug-likeness (QED) is 0.801. The molecule has 0 bridgehead atoms. The van der Waals surface area contributed by atoms with Crippen LogP contribution in [-0.4, -0.2) is 45.4 Å². The zero-order chi connectivity index (χ0) is 20.4. The van der Waals surface area contributed by atoms with Gasteiger partial charge in [0, 0.05) is 43.4 Å². The first-order chi connectivity index (χ1) is 14.0. The summed E-state index contributed by atoms with van der Waals surface area (Å²) in [5, 5.41) is 9.52. The van der Waals surface area contributed by atoms with E-state index in [1.807, 2.05) is 30.9 Å². The number of hydrogen-bond donors (Lipinski definition) is 0. The first-order valence-corrected chi connectivity index (χ1v) is 10.2. The zero-order valence-corrected chi connectivity index (χ0v) is 17.1. The van der Waals surface area contributed by atoms with Gasteiger partial charge in [-0.05, 0) is 45.2 Å². The van der Waals surface area contributed by atoms with Crippen LogP contribution in [0, 0.1) is 30.6 Å². The molecule has 7 heteroatoms. The highest BCUT2D eigenvalue weighted by Gasteiger charge is 2.42. The lowest BCUT2D eigenvalue weighted by molar-refractivity contribution is -0.138. The second kappa shape index (κ2) is 7.78. The maximum absolute atomic E-state index is 12.6. The Labute approximate surface area is 171 Å². The zero-order valence-electron chi connectivity index (χ0n) is 17.1. The minimum Gasteiger partial charge on any atom is -0.355 e. The molecular weight excluding hydrogens is 364 g/mol. The summed E-state index contributed by atoms with van der Waals surface area (Å²) in [7, 11) is 0. The van der Waals surface area contributed by atoms with Crippen LogP contribution < -0.4 is 4.90 Å². The first-order valence-electron chi connectivity index (χ1n) is 10.2. The molecule has 1 amide bonds. The molecule has 2 aliphatic rings. The average molecular weight is 390 g/mol. The summed E-state index contributed by atoms with van der Waals surface area (Å²) in [5.41, 5.74) is 3.25. The second-order valence-electron chi connectivity index (χ2n) is 8.36. The Morgan fingerprint density at radius 3 is 2.76 bits per heavy atom. The van der Waals surface area contributed by atoms with Crippen LogP contribution >= 0.6 is 0 Å². The minimum absolute atomic E-state index is 0.0302. The smallest absolute Gasteiger partial charge is 0.222 e. The van der Waals surface area contributed by atoms with Crippen molar-refractivity contribution < 1.29 is 4.79 Å². The highest BCUT2D eigenvalue weighted by atomic mass is 16.2. The van der Waals surface area contributed by atoms with Gasteiger partial charge >= 0.3 is 0 Å². The normalized spacial score (nSPS) is 22.0. The van der Waals surface area contributed by atoms with Crippen LogP contribution in [0.4, 0.5) is 5.82 Å². The van der Waals surface area contributed by atoms with Crippen molar-refractivity contribution in [2.24, 2.45) is 5.41 Å². The summed E-state index contributed by atoms with van der Waals surface area (Å²) in [6, 6.07) is 6.01. The van der Waals surface area contributed by atoms with Gasteiger partial charge in [0.25, 0.3) is 0 Å². The number of rotatable bonds is 3. The van der Waals surface area contributed by atoms with E-state index in [9.17, 15) is 10.1 Å². The van der Waals surface area contributed by atoms with Gasteiger partial charge < -0.3 is 9.80 Å². The largest absolute Gasteiger partial charge is 0.355 e. The number of carbonyl (C=O) groups excluding carboxylic acids is 1. The molecule has 2 aromatic heterocycles. The topological polar surface area (TPSA) is 86.0 Å². The van der Waals surface area contributed by atoms with E-state index in [1.165, 1.54) is 0 Å². The number of aromatic nitrogens is 3. The number of nitriles is 1. The van der Waals surface area contributed by atoms with Gasteiger partial charge in [-0.15, -0.1) is 0 Å². The van der Waals surface area contributed by atoms with Crippen molar-refractivity contribution in [1.29, 1.82) is 5.26 Å². The fourth-order valence-corrected chi connectivity index (χ4v) is 4.54. The van der Waals surface area contributed by atoms with Gasteiger partial charge in [0.2, 0.25) is 5.91 Å². The molecule has 4 rings (SSSR count). The molecule has 1 unspecified atom stereocenters. The Hall–Kier alpha value is -3.01. The molecule has 1 atom stereocenters. The lowest BCUT2D eigenvalue weighted by atomic mass is 9.73. The molecule has 29 heavy (non-hydrogen) atoms. The molecule has 1 spiro atoms. The van der Waals surface area contributed by atoms with Gasteiger partial charge in [0.05, 0.1) is 29.7 Å². The third kappa shape index (κ3) is 4.07. The molecule has 4 heterocycles. The van der Waals surface area contributed by atoms with Crippen LogP contribution in [0.2, 0.25) is 0 Å². The first kappa shape index (κ1) is 19.3. The third-order valence-corrected chi connectivity index (χ3v) is 6.03. The van der Waals surface area contributed by atoms with Crippen molar-refractivity contribution in [3.8, 4) is 6.07 Å². The number of aryl methyl sites for hydroxylation is 2. The molecule has 0 saturated carbocycles. The van der Waals surface area contributed by atoms with Crippen molar-refractivity contribution >= 4 is 11.7 Å². The average Bonchev–Trinajstić information content (AvgIpc) is 2.73. The van der Waals surface area contributed by atoms with Crippen molar-refractivity contribution in [3.05, 3.63) is 47.2 Å². The molecule has 2 fully saturated rings. The van der Waals surface area contributed by atoms with E-state index in [2.05, 4.69) is 25.9 Å². The summed E-state index contributed by atoms with van der Waals surface area (Å²) in [4.78, 5) is 30.2. The molecule has 0 aromatic carbocycles. The lowest BCUT2D eigenvalue weighted by Crippen LogP contribution is -2.54. The molecule has 2 saturated heterocycles. The van der Waals surface area contributed by atoms with Crippen molar-refractivity contribution in [2.45, 2.75) is 46.1 Å². The Morgan fingerprint density at radius 1 is 1.14 bits per heavy atom. The number of anilines is 1. The maximum Gasteiger partial charge on any atom is 0.222 e. The molecule has 7 nitrogen and oxygen atoms in total. The van der Waals surface area contributed by atoms with Gasteiger partial charge in [-0.1, -0.05) is 0 Å². The molecule has 150 valence electrons. The number of nitrogens with zero attached hydrogens (tertiary/aromatic N) is 6. The fourth-order valence-electron chi connectivity index (χ4n) is 4.54. The van der Waals surface area contributed by atoms with Crippen LogP contribution in [-0.2, 0) is 11.3 Å². The second-order valence-corrected chi connectivity index (χ2v) is 8.36. The summed E-state index contributed by atoms with van der Waals surface area (Å²) < 4.78 is 0. The van der Waals surface area contributed by atoms with E-state index in [-0.39, 0.29) is 11.3 Å². The predicted molar refractivity (Wildman–Crippen MR) is 109 cm³/mol. The molecule has 2 aliphatic heterocycles. The number of carbonyl (C=O) groups is 1. The Balaban J connectivity index is 1.54. The number of likely N-dealkylation sites (tertiary alicyclic amines) is 1. The van der Waals surface area contributed by atoms with Crippen molar-refractivity contribution in [3.63, 3.8) is 0 Å². The van der Waals surface area contributed by atoms with Gasteiger partial charge in [-0.25, -0.2) is 4.98 Å². The Kier molecular flexibility index (Phi) is 5.18. The predicted octanol–water partition coefficient (Wildman–Crippen LogP) is 2.77. The van der Waals surface area contributed by atoms with Gasteiger partial charge in [-0.3, -0.25) is 14.8 Å². The highest BCUT2D eigenvalue weighted by molar-refractivity contribution is 5.77. The Bertz CT molecular complexity index is 951. The van der Waals surface area contributed by atoms with Gasteiger partial charge in [-0.2, -0.15) is 5.26 Å². The molecule has 0 N–H and O–H groups in total. The Morgan fingerprint density at radius 2 is 2.00 bits per heavy atom. The highest BCUT2D eigenvalue weighted by Crippen LogP contribution is 2.40. The van der Waals surface area contributed by atoms with Crippen LogP contribution in [0.15, 0.2) is 24.5 Å². The van der Waals surface area contributed by atoms with E-state index in [0.717, 1.165) is 55.3 Å². The van der Waals surface area contributed by atoms with Crippen LogP contribution in [0.1, 0.15) is 48.3 Å². The van der Waals surface area contributed by atoms with E-state index >= 15 is 0 Å². The van der Waals surface area contributed by atoms with Gasteiger partial charge in [0.1, 0.15) is 11.9 Å². The molecule has 2 aromatic rings. The SMILES string of the molecule is Cc1cnc(CN2CC3(CCCN(c4nc(C)ccc4C#N)C3)CCC2=O)cn1. The van der Waals surface area contributed by atoms with E-state index in [0.29, 0.717) is 25.1 Å². The van der Waals surface area contributed by atoms with Crippen molar-refractivity contribution in [2.75, 3.05) is 24.5 Å². The van der Waals surface area contributed by atoms with E-state index in [1.54, 1.807) is 12.4 Å². The molecule has 0 aliphatic carbocycles. The minimum atomic E-state index is 0.0302. The maximum atomic E-state index is 12.6. The number of pyridine rings is 1. The van der Waals surface area contributed by atoms with Crippen LogP contribution in [0.5, 0.6) is 0 Å². The summed E-state index contributed by atoms with van der Waals surface area (Å²) in [5.74, 6) is 0.959. The van der Waals surface area contributed by atoms with Crippen LogP contribution in [0.25, 0.3) is 0 Å². The fraction of sp³-hybridized carbons (Fsp3) is 0.500. The number of hydrogen-bond acceptors (Lipinski definition) is 6. The molecular formula is C22H26N6O. The molecule has 0 radical (unpaired) electrons. The van der Waals surface area contributed by atoms with E-state index in [4.69, 9.17) is 0 Å². The monoisotopic (exact) mass is 390 g/mol. The number of piperidine rings is 2. The van der Waals surface area contributed by atoms with Crippen LogP contribution in [0.3, 0.4) is 0 Å². The van der Waals surface area contributed by atoms with E-state index < -0.39 is 0 Å². The summed E-state index contributed by atoms with van der Waals surface area (Å²) >= 11 is 0. The van der Waals surface area contributed by atoms with Gasteiger partial charge in [0.15, 0.2) is 0 Å². The standard InChI is InChI=1S/C22H26N6O/c1-16-4-5-18(10-23)21(26-16)27-9-3-7-22(14-27)8-6-20(29)28(15-22)13-19-12-24-17(2)11-25-19/h4-5,11-12H,3,6-9,13-15H2,1-2H3. The third-order valence-electron chi connectivity index (χ3n) is 6.03. The lowest BCUT2D eigenvalue weighted by Gasteiger charge is -2.48. The summed E-state index contributed by atoms with van der Waals surface area (Å²) in [6.07, 6.45) is 7.06. The van der Waals surface area contributed by atoms with Crippen molar-refractivity contribution in [1.82, 2.24) is 19.9 Å². The number of amides is 1.